The van der Waals surface area contributed by atoms with Gasteiger partial charge in [-0.25, -0.2) is 22.5 Å². The molecule has 4 N–H and O–H groups in total. The third-order valence-corrected chi connectivity index (χ3v) is 11.0. The highest BCUT2D eigenvalue weighted by atomic mass is 35.5. The van der Waals surface area contributed by atoms with Gasteiger partial charge in [-0.3, -0.25) is 4.90 Å². The molecule has 1 saturated heterocycles. The largest absolute Gasteiger partial charge is 0.462 e. The van der Waals surface area contributed by atoms with Gasteiger partial charge >= 0.3 is 6.01 Å². The lowest BCUT2D eigenvalue weighted by Gasteiger charge is -2.28. The summed E-state index contributed by atoms with van der Waals surface area (Å²) in [5, 5.41) is 10.3. The number of rotatable bonds is 7. The van der Waals surface area contributed by atoms with Crippen LogP contribution in [0.2, 0.25) is 5.02 Å². The number of nitrogens with zero attached hydrogens (tertiary/aromatic N) is 6. The number of ether oxygens (including phenoxy) is 1. The fourth-order valence-electron chi connectivity index (χ4n) is 6.83. The smallest absolute Gasteiger partial charge is 0.319 e. The van der Waals surface area contributed by atoms with E-state index >= 15 is 4.39 Å². The van der Waals surface area contributed by atoms with Gasteiger partial charge in [0.15, 0.2) is 5.82 Å². The Morgan fingerprint density at radius 1 is 1.25 bits per heavy atom. The number of alkyl halides is 2. The van der Waals surface area contributed by atoms with Crippen LogP contribution in [0.1, 0.15) is 36.9 Å². The minimum absolute atomic E-state index is 0.00550. The number of anilines is 3. The summed E-state index contributed by atoms with van der Waals surface area (Å²) in [6.07, 6.45) is 1.65. The Morgan fingerprint density at radius 3 is 2.67 bits per heavy atom. The SMILES string of the molecule is C[C@H](c1cccnc1N)N(C)c1nc(OC[C@@H]2CC3(CN2C)CC3(F)F)nc2c(F)c(-c3ccc(F)c4sc(N)c(C#N)c34)c(Cl)cc12. The second kappa shape index (κ2) is 11.3. The van der Waals surface area contributed by atoms with Gasteiger partial charge in [0, 0.05) is 54.2 Å². The third-order valence-electron chi connectivity index (χ3n) is 9.70. The van der Waals surface area contributed by atoms with E-state index in [9.17, 15) is 18.4 Å². The first-order valence-corrected chi connectivity index (χ1v) is 16.2. The Kier molecular flexibility index (Phi) is 7.57. The maximum Gasteiger partial charge on any atom is 0.319 e. The molecule has 0 radical (unpaired) electrons. The highest BCUT2D eigenvalue weighted by Crippen LogP contribution is 2.66. The summed E-state index contributed by atoms with van der Waals surface area (Å²) in [5.74, 6) is -3.62. The van der Waals surface area contributed by atoms with Gasteiger partial charge in [0.05, 0.1) is 26.7 Å². The Hall–Kier alpha value is -4.45. The van der Waals surface area contributed by atoms with Crippen molar-refractivity contribution in [1.29, 1.82) is 5.26 Å². The average Bonchev–Trinajstić information content (AvgIpc) is 3.26. The second-order valence-corrected chi connectivity index (χ2v) is 14.0. The molecule has 3 atom stereocenters. The lowest BCUT2D eigenvalue weighted by Crippen LogP contribution is -2.31. The van der Waals surface area contributed by atoms with E-state index in [1.807, 2.05) is 24.0 Å². The number of nitrogens with two attached hydrogens (primary N) is 2. The summed E-state index contributed by atoms with van der Waals surface area (Å²) >= 11 is 7.68. The molecule has 9 nitrogen and oxygen atoms in total. The summed E-state index contributed by atoms with van der Waals surface area (Å²) in [6.45, 7) is 2.11. The molecule has 1 aliphatic carbocycles. The number of thiophene rings is 1. The van der Waals surface area contributed by atoms with Crippen LogP contribution in [-0.4, -0.2) is 59.1 Å². The first-order valence-electron chi connectivity index (χ1n) is 15.0. The zero-order chi connectivity index (χ0) is 34.3. The topological polar surface area (TPSA) is 130 Å². The molecule has 2 aliphatic rings. The number of nitrogen functional groups attached to an aromatic ring is 2. The van der Waals surface area contributed by atoms with E-state index in [0.717, 1.165) is 17.4 Å². The van der Waals surface area contributed by atoms with Crippen LogP contribution in [0.25, 0.3) is 32.1 Å². The summed E-state index contributed by atoms with van der Waals surface area (Å²) < 4.78 is 66.3. The van der Waals surface area contributed by atoms with Crippen LogP contribution in [0, 0.1) is 28.4 Å². The maximum absolute atomic E-state index is 16.9. The van der Waals surface area contributed by atoms with Gasteiger partial charge in [0.25, 0.3) is 5.92 Å². The molecule has 3 aromatic heterocycles. The van der Waals surface area contributed by atoms with Gasteiger partial charge in [-0.2, -0.15) is 15.2 Å². The van der Waals surface area contributed by atoms with Crippen molar-refractivity contribution in [2.75, 3.05) is 43.6 Å². The van der Waals surface area contributed by atoms with E-state index < -0.39 is 29.0 Å². The van der Waals surface area contributed by atoms with Crippen LogP contribution in [0.5, 0.6) is 6.01 Å². The van der Waals surface area contributed by atoms with Crippen LogP contribution in [0.4, 0.5) is 34.2 Å². The summed E-state index contributed by atoms with van der Waals surface area (Å²) in [6, 6.07) is 8.65. The molecule has 1 spiro atoms. The number of pyridine rings is 1. The first kappa shape index (κ1) is 32.1. The van der Waals surface area contributed by atoms with Gasteiger partial charge in [-0.1, -0.05) is 23.7 Å². The van der Waals surface area contributed by atoms with Crippen molar-refractivity contribution in [3.05, 3.63) is 64.3 Å². The number of nitriles is 1. The van der Waals surface area contributed by atoms with Gasteiger partial charge in [-0.15, -0.1) is 11.3 Å². The molecule has 2 aromatic carbocycles. The van der Waals surface area contributed by atoms with Gasteiger partial charge in [-0.05, 0) is 44.2 Å². The van der Waals surface area contributed by atoms with Crippen LogP contribution in [0.3, 0.4) is 0 Å². The number of likely N-dealkylation sites (N-methyl/N-ethyl adjacent to an activating group) is 1. The van der Waals surface area contributed by atoms with Gasteiger partial charge in [0.2, 0.25) is 0 Å². The zero-order valence-electron chi connectivity index (χ0n) is 26.0. The molecule has 48 heavy (non-hydrogen) atoms. The van der Waals surface area contributed by atoms with Crippen molar-refractivity contribution in [2.45, 2.75) is 37.8 Å². The summed E-state index contributed by atoms with van der Waals surface area (Å²) in [7, 11) is 3.50. The number of benzene rings is 2. The van der Waals surface area contributed by atoms with Crippen molar-refractivity contribution < 1.29 is 22.3 Å². The Morgan fingerprint density at radius 2 is 2.00 bits per heavy atom. The molecule has 15 heteroatoms. The molecule has 4 heterocycles. The van der Waals surface area contributed by atoms with Crippen molar-refractivity contribution in [3.8, 4) is 23.2 Å². The summed E-state index contributed by atoms with van der Waals surface area (Å²) in [4.78, 5) is 16.9. The number of likely N-dealkylation sites (tertiary alicyclic amines) is 1. The predicted molar refractivity (Wildman–Crippen MR) is 178 cm³/mol. The molecule has 7 rings (SSSR count). The van der Waals surface area contributed by atoms with Crippen molar-refractivity contribution in [1.82, 2.24) is 19.9 Å². The molecule has 1 saturated carbocycles. The molecule has 1 aliphatic heterocycles. The fraction of sp³-hybridized carbons (Fsp3) is 0.333. The maximum atomic E-state index is 16.9. The molecule has 2 fully saturated rings. The van der Waals surface area contributed by atoms with E-state index in [2.05, 4.69) is 15.0 Å². The van der Waals surface area contributed by atoms with E-state index in [-0.39, 0.29) is 91.6 Å². The lowest BCUT2D eigenvalue weighted by atomic mass is 9.97. The lowest BCUT2D eigenvalue weighted by molar-refractivity contribution is 0.0671. The van der Waals surface area contributed by atoms with Crippen molar-refractivity contribution >= 4 is 60.6 Å². The second-order valence-electron chi connectivity index (χ2n) is 12.5. The van der Waals surface area contributed by atoms with E-state index in [0.29, 0.717) is 11.4 Å². The molecular formula is C33H29ClF4N8OS. The summed E-state index contributed by atoms with van der Waals surface area (Å²) in [5.41, 5.74) is 11.8. The molecule has 1 unspecified atom stereocenters. The van der Waals surface area contributed by atoms with E-state index in [4.69, 9.17) is 27.8 Å². The third kappa shape index (κ3) is 4.94. The quantitative estimate of drug-likeness (QED) is 0.170. The van der Waals surface area contributed by atoms with Crippen LogP contribution >= 0.6 is 22.9 Å². The highest BCUT2D eigenvalue weighted by molar-refractivity contribution is 7.23. The Balaban J connectivity index is 1.37. The molecule has 5 aromatic rings. The zero-order valence-corrected chi connectivity index (χ0v) is 27.6. The van der Waals surface area contributed by atoms with Crippen LogP contribution in [0.15, 0.2) is 36.5 Å². The predicted octanol–water partition coefficient (Wildman–Crippen LogP) is 7.18. The minimum Gasteiger partial charge on any atom is -0.462 e. The number of hydrogen-bond acceptors (Lipinski definition) is 10. The molecule has 0 amide bonds. The highest BCUT2D eigenvalue weighted by Gasteiger charge is 2.73. The normalized spacial score (nSPS) is 20.8. The molecule has 248 valence electrons. The standard InChI is InChI=1S/C33H29ClF4N8OS/c1-15(17-5-4-8-42-28(17)40)46(3)30-19-9-21(34)24(18-6-7-22(35)27-23(18)20(11-39)29(41)48-27)25(36)26(19)43-31(44-30)47-12-16-10-32(14-45(16)2)13-33(32,37)38/h4-9,15-16H,10,12-14,41H2,1-3H3,(H2,40,42)/t15-,16+,32?/m1/s1. The first-order chi connectivity index (χ1) is 22.8. The van der Waals surface area contributed by atoms with Gasteiger partial charge in [0.1, 0.15) is 40.6 Å². The van der Waals surface area contributed by atoms with Crippen molar-refractivity contribution in [3.63, 3.8) is 0 Å². The monoisotopic (exact) mass is 696 g/mol. The molecular weight excluding hydrogens is 668 g/mol. The Labute approximate surface area is 281 Å². The molecule has 0 bridgehead atoms. The minimum atomic E-state index is -2.71. The van der Waals surface area contributed by atoms with E-state index in [1.165, 1.54) is 12.1 Å². The van der Waals surface area contributed by atoms with Crippen LogP contribution < -0.4 is 21.1 Å². The Bertz CT molecular complexity index is 2170. The van der Waals surface area contributed by atoms with E-state index in [1.54, 1.807) is 31.3 Å². The number of fused-ring (bicyclic) bond motifs is 2. The fourth-order valence-corrected chi connectivity index (χ4v) is 8.08. The van der Waals surface area contributed by atoms with Crippen LogP contribution in [-0.2, 0) is 0 Å². The number of halogens is 5. The number of aromatic nitrogens is 3. The number of hydrogen-bond donors (Lipinski definition) is 2. The average molecular weight is 697 g/mol. The van der Waals surface area contributed by atoms with Gasteiger partial charge < -0.3 is 21.1 Å². The van der Waals surface area contributed by atoms with Crippen molar-refractivity contribution in [2.24, 2.45) is 5.41 Å².